The number of rotatable bonds is 7. The fourth-order valence-corrected chi connectivity index (χ4v) is 4.25. The highest BCUT2D eigenvalue weighted by molar-refractivity contribution is 7.92. The number of carbonyl (C=O) groups is 1. The van der Waals surface area contributed by atoms with E-state index in [4.69, 9.17) is 14.2 Å². The topological polar surface area (TPSA) is 140 Å². The molecule has 0 bridgehead atoms. The van der Waals surface area contributed by atoms with Gasteiger partial charge in [0, 0.05) is 6.26 Å². The van der Waals surface area contributed by atoms with E-state index in [-0.39, 0.29) is 21.8 Å². The number of nitrogens with one attached hydrogen (secondary N) is 1. The predicted molar refractivity (Wildman–Crippen MR) is 119 cm³/mol. The average Bonchev–Trinajstić information content (AvgIpc) is 3.45. The molecule has 12 heteroatoms. The Hall–Kier alpha value is -3.95. The molecule has 1 aromatic heterocycles. The predicted octanol–water partition coefficient (Wildman–Crippen LogP) is 2.79. The standard InChI is InChI=1S/C21H16N4O6S2/c1-33(27,28)21-25-24-20(32-21)23-19(26)15(10-22)8-13-2-5-16(6-3-13)29-11-14-4-7-17-18(9-14)31-12-30-17/h2-9H,11-12H2,1H3,(H,23,24,26)/b15-8-. The SMILES string of the molecule is CS(=O)(=O)c1nnc(NC(=O)/C(C#N)=C\c2ccc(OCc3ccc4c(c3)OCO4)cc2)s1. The zero-order chi connectivity index (χ0) is 23.4. The summed E-state index contributed by atoms with van der Waals surface area (Å²) in [6.45, 7) is 0.536. The van der Waals surface area contributed by atoms with Gasteiger partial charge in [-0.05, 0) is 41.5 Å². The van der Waals surface area contributed by atoms with Crippen LogP contribution in [-0.2, 0) is 21.2 Å². The highest BCUT2D eigenvalue weighted by Crippen LogP contribution is 2.32. The van der Waals surface area contributed by atoms with Crippen molar-refractivity contribution >= 4 is 38.3 Å². The minimum Gasteiger partial charge on any atom is -0.489 e. The quantitative estimate of drug-likeness (QED) is 0.304. The van der Waals surface area contributed by atoms with E-state index in [1.807, 2.05) is 24.3 Å². The number of anilines is 1. The van der Waals surface area contributed by atoms with Gasteiger partial charge in [-0.15, -0.1) is 10.2 Å². The van der Waals surface area contributed by atoms with Crippen LogP contribution in [0.3, 0.4) is 0 Å². The van der Waals surface area contributed by atoms with Crippen molar-refractivity contribution in [3.8, 4) is 23.3 Å². The van der Waals surface area contributed by atoms with E-state index in [1.165, 1.54) is 6.08 Å². The molecular weight excluding hydrogens is 468 g/mol. The maximum absolute atomic E-state index is 12.4. The molecule has 33 heavy (non-hydrogen) atoms. The molecule has 0 spiro atoms. The van der Waals surface area contributed by atoms with Crippen LogP contribution in [0.25, 0.3) is 6.08 Å². The molecule has 1 aliphatic heterocycles. The van der Waals surface area contributed by atoms with Crippen molar-refractivity contribution in [2.75, 3.05) is 18.4 Å². The Morgan fingerprint density at radius 2 is 1.97 bits per heavy atom. The van der Waals surface area contributed by atoms with E-state index >= 15 is 0 Å². The summed E-state index contributed by atoms with van der Waals surface area (Å²) in [6.07, 6.45) is 2.39. The van der Waals surface area contributed by atoms with Gasteiger partial charge in [0.2, 0.25) is 26.1 Å². The molecule has 1 amide bonds. The zero-order valence-electron chi connectivity index (χ0n) is 17.1. The first kappa shape index (κ1) is 22.3. The highest BCUT2D eigenvalue weighted by Gasteiger charge is 2.17. The van der Waals surface area contributed by atoms with E-state index < -0.39 is 15.7 Å². The van der Waals surface area contributed by atoms with Crippen molar-refractivity contribution in [3.05, 3.63) is 59.2 Å². The molecule has 1 aliphatic rings. The van der Waals surface area contributed by atoms with Crippen molar-refractivity contribution in [2.24, 2.45) is 0 Å². The van der Waals surface area contributed by atoms with Crippen molar-refractivity contribution in [1.29, 1.82) is 5.26 Å². The molecule has 3 aromatic rings. The summed E-state index contributed by atoms with van der Waals surface area (Å²) >= 11 is 0.704. The summed E-state index contributed by atoms with van der Waals surface area (Å²) in [6, 6.07) is 14.2. The van der Waals surface area contributed by atoms with Gasteiger partial charge in [-0.2, -0.15) is 5.26 Å². The van der Waals surface area contributed by atoms with Crippen molar-refractivity contribution in [2.45, 2.75) is 10.9 Å². The molecular formula is C21H16N4O6S2. The van der Waals surface area contributed by atoms with Gasteiger partial charge < -0.3 is 14.2 Å². The molecule has 4 rings (SSSR count). The highest BCUT2D eigenvalue weighted by atomic mass is 32.2. The fourth-order valence-electron chi connectivity index (χ4n) is 2.75. The Balaban J connectivity index is 1.38. The lowest BCUT2D eigenvalue weighted by Crippen LogP contribution is -2.13. The maximum Gasteiger partial charge on any atom is 0.268 e. The third kappa shape index (κ3) is 5.46. The Bertz CT molecular complexity index is 1370. The largest absolute Gasteiger partial charge is 0.489 e. The van der Waals surface area contributed by atoms with Crippen molar-refractivity contribution in [1.82, 2.24) is 10.2 Å². The van der Waals surface area contributed by atoms with Crippen LogP contribution in [0.4, 0.5) is 5.13 Å². The molecule has 0 unspecified atom stereocenters. The van der Waals surface area contributed by atoms with E-state index in [2.05, 4.69) is 15.5 Å². The first-order valence-corrected chi connectivity index (χ1v) is 12.1. The molecule has 1 N–H and O–H groups in total. The number of fused-ring (bicyclic) bond motifs is 1. The van der Waals surface area contributed by atoms with Crippen LogP contribution in [0.5, 0.6) is 17.2 Å². The monoisotopic (exact) mass is 484 g/mol. The van der Waals surface area contributed by atoms with Crippen molar-refractivity contribution in [3.63, 3.8) is 0 Å². The lowest BCUT2D eigenvalue weighted by Gasteiger charge is -2.07. The van der Waals surface area contributed by atoms with Crippen LogP contribution in [0.2, 0.25) is 0 Å². The van der Waals surface area contributed by atoms with Crippen LogP contribution in [0.1, 0.15) is 11.1 Å². The fraction of sp³-hybridized carbons (Fsp3) is 0.143. The zero-order valence-corrected chi connectivity index (χ0v) is 18.8. The van der Waals surface area contributed by atoms with Crippen LogP contribution in [-0.4, -0.2) is 37.6 Å². The molecule has 0 saturated heterocycles. The first-order valence-electron chi connectivity index (χ1n) is 9.40. The van der Waals surface area contributed by atoms with Gasteiger partial charge in [-0.3, -0.25) is 10.1 Å². The molecule has 0 radical (unpaired) electrons. The Morgan fingerprint density at radius 1 is 1.21 bits per heavy atom. The minimum absolute atomic E-state index is 0.0196. The smallest absolute Gasteiger partial charge is 0.268 e. The number of benzene rings is 2. The van der Waals surface area contributed by atoms with Gasteiger partial charge in [-0.25, -0.2) is 8.42 Å². The van der Waals surface area contributed by atoms with E-state index in [9.17, 15) is 18.5 Å². The molecule has 2 aromatic carbocycles. The molecule has 10 nitrogen and oxygen atoms in total. The number of sulfone groups is 1. The van der Waals surface area contributed by atoms with Gasteiger partial charge >= 0.3 is 0 Å². The minimum atomic E-state index is -3.53. The molecule has 0 saturated carbocycles. The Kier molecular flexibility index (Phi) is 6.25. The van der Waals surface area contributed by atoms with Crippen LogP contribution >= 0.6 is 11.3 Å². The van der Waals surface area contributed by atoms with Gasteiger partial charge in [0.05, 0.1) is 0 Å². The van der Waals surface area contributed by atoms with Crippen LogP contribution in [0.15, 0.2) is 52.4 Å². The van der Waals surface area contributed by atoms with Crippen molar-refractivity contribution < 1.29 is 27.4 Å². The summed E-state index contributed by atoms with van der Waals surface area (Å²) in [4.78, 5) is 12.4. The molecule has 0 atom stereocenters. The lowest BCUT2D eigenvalue weighted by molar-refractivity contribution is -0.112. The van der Waals surface area contributed by atoms with Gasteiger partial charge in [-0.1, -0.05) is 29.5 Å². The van der Waals surface area contributed by atoms with E-state index in [0.717, 1.165) is 11.8 Å². The van der Waals surface area contributed by atoms with E-state index in [1.54, 1.807) is 24.3 Å². The first-order chi connectivity index (χ1) is 15.8. The number of nitriles is 1. The number of ether oxygens (including phenoxy) is 3. The number of amides is 1. The number of hydrogen-bond acceptors (Lipinski definition) is 10. The van der Waals surface area contributed by atoms with E-state index in [0.29, 0.717) is 40.8 Å². The lowest BCUT2D eigenvalue weighted by atomic mass is 10.1. The third-order valence-electron chi connectivity index (χ3n) is 4.34. The normalized spacial score (nSPS) is 12.8. The van der Waals surface area contributed by atoms with Gasteiger partial charge in [0.1, 0.15) is 24.0 Å². The summed E-state index contributed by atoms with van der Waals surface area (Å²) in [5.74, 6) is 1.26. The average molecular weight is 485 g/mol. The molecule has 168 valence electrons. The second kappa shape index (κ2) is 9.27. The Labute approximate surface area is 193 Å². The second-order valence-corrected chi connectivity index (χ2v) is 9.98. The second-order valence-electron chi connectivity index (χ2n) is 6.81. The van der Waals surface area contributed by atoms with Crippen LogP contribution < -0.4 is 19.5 Å². The van der Waals surface area contributed by atoms with Gasteiger partial charge in [0.15, 0.2) is 11.5 Å². The molecule has 2 heterocycles. The number of hydrogen-bond donors (Lipinski definition) is 1. The molecule has 0 aliphatic carbocycles. The third-order valence-corrected chi connectivity index (χ3v) is 6.85. The summed E-state index contributed by atoms with van der Waals surface area (Å²) in [5, 5.41) is 18.8. The molecule has 0 fully saturated rings. The van der Waals surface area contributed by atoms with Gasteiger partial charge in [0.25, 0.3) is 5.91 Å². The summed E-state index contributed by atoms with van der Waals surface area (Å²) in [7, 11) is -3.53. The van der Waals surface area contributed by atoms with Crippen LogP contribution in [0, 0.1) is 11.3 Å². The Morgan fingerprint density at radius 3 is 2.67 bits per heavy atom. The summed E-state index contributed by atoms with van der Waals surface area (Å²) < 4.78 is 39.1. The maximum atomic E-state index is 12.4. The number of nitrogens with zero attached hydrogens (tertiary/aromatic N) is 3. The summed E-state index contributed by atoms with van der Waals surface area (Å²) in [5.41, 5.74) is 1.34. The number of aromatic nitrogens is 2. The number of carbonyl (C=O) groups excluding carboxylic acids is 1.